The quantitative estimate of drug-likeness (QED) is 0.319. The Morgan fingerprint density at radius 1 is 1.03 bits per heavy atom. The number of ether oxygens (including phenoxy) is 1. The minimum absolute atomic E-state index is 0.0559. The first-order valence-electron chi connectivity index (χ1n) is 13.2. The molecule has 3 atom stereocenters. The molecule has 3 N–H and O–H groups in total. The minimum Gasteiger partial charge on any atom is -0.444 e. The molecule has 0 aliphatic heterocycles. The highest BCUT2D eigenvalue weighted by Crippen LogP contribution is 2.26. The van der Waals surface area contributed by atoms with E-state index in [0.717, 1.165) is 43.2 Å². The number of carbonyl (C=O) groups excluding carboxylic acids is 3. The van der Waals surface area contributed by atoms with Gasteiger partial charge in [0.2, 0.25) is 11.8 Å². The average molecular weight is 506 g/mol. The van der Waals surface area contributed by atoms with E-state index in [4.69, 9.17) is 4.74 Å². The van der Waals surface area contributed by atoms with E-state index in [1.54, 1.807) is 20.8 Å². The van der Waals surface area contributed by atoms with Crippen LogP contribution in [0.1, 0.15) is 97.2 Å². The van der Waals surface area contributed by atoms with Crippen LogP contribution in [0.4, 0.5) is 4.79 Å². The molecule has 1 aromatic rings. The van der Waals surface area contributed by atoms with Crippen LogP contribution in [0.15, 0.2) is 24.3 Å². The van der Waals surface area contributed by atoms with Gasteiger partial charge in [-0.15, -0.1) is 0 Å². The molecule has 0 heterocycles. The number of rotatable bonds is 14. The minimum atomic E-state index is -1.24. The summed E-state index contributed by atoms with van der Waals surface area (Å²) in [5.74, 6) is -0.797. The summed E-state index contributed by atoms with van der Waals surface area (Å²) < 4.78 is 5.29. The highest BCUT2D eigenvalue weighted by Gasteiger charge is 2.36. The number of amides is 3. The third kappa shape index (κ3) is 10.6. The number of carbonyl (C=O) groups is 3. The lowest BCUT2D eigenvalue weighted by Gasteiger charge is -2.35. The van der Waals surface area contributed by atoms with Crippen molar-refractivity contribution in [2.45, 2.75) is 111 Å². The van der Waals surface area contributed by atoms with Crippen molar-refractivity contribution in [2.24, 2.45) is 0 Å². The zero-order chi connectivity index (χ0) is 27.3. The maximum absolute atomic E-state index is 13.8. The van der Waals surface area contributed by atoms with Crippen molar-refractivity contribution >= 4 is 17.9 Å². The highest BCUT2D eigenvalue weighted by atomic mass is 16.6. The molecule has 8 nitrogen and oxygen atoms in total. The van der Waals surface area contributed by atoms with Gasteiger partial charge < -0.3 is 25.4 Å². The second-order valence-corrected chi connectivity index (χ2v) is 10.4. The van der Waals surface area contributed by atoms with Gasteiger partial charge in [0.25, 0.3) is 0 Å². The molecule has 0 fully saturated rings. The summed E-state index contributed by atoms with van der Waals surface area (Å²) >= 11 is 0. The standard InChI is InChI=1S/C28H47N3O5/c1-8-10-11-14-18-31(26(34)23(19-32)30-27(35)36-28(5,6)7)24(22-17-13-12-16-20(22)3)25(33)29-21(4)15-9-2/h12-13,16-17,21,23-24,32H,8-11,14-15,18-19H2,1-7H3,(H,29,33)(H,30,35). The van der Waals surface area contributed by atoms with E-state index < -0.39 is 36.3 Å². The molecular formula is C28H47N3O5. The van der Waals surface area contributed by atoms with Crippen LogP contribution < -0.4 is 10.6 Å². The van der Waals surface area contributed by atoms with Gasteiger partial charge in [0.05, 0.1) is 6.61 Å². The van der Waals surface area contributed by atoms with E-state index in [9.17, 15) is 19.5 Å². The number of nitrogens with zero attached hydrogens (tertiary/aromatic N) is 1. The van der Waals surface area contributed by atoms with Crippen molar-refractivity contribution in [3.05, 3.63) is 35.4 Å². The molecule has 1 rings (SSSR count). The molecule has 36 heavy (non-hydrogen) atoms. The van der Waals surface area contributed by atoms with Gasteiger partial charge >= 0.3 is 6.09 Å². The zero-order valence-electron chi connectivity index (χ0n) is 23.2. The number of aryl methyl sites for hydroxylation is 1. The Hall–Kier alpha value is -2.61. The molecule has 0 spiro atoms. The molecule has 0 bridgehead atoms. The van der Waals surface area contributed by atoms with E-state index in [-0.39, 0.29) is 11.9 Å². The number of hydrogen-bond donors (Lipinski definition) is 3. The molecule has 8 heteroatoms. The van der Waals surface area contributed by atoms with Gasteiger partial charge in [0.1, 0.15) is 17.7 Å². The monoisotopic (exact) mass is 505 g/mol. The first kappa shape index (κ1) is 31.4. The third-order valence-corrected chi connectivity index (χ3v) is 5.86. The molecule has 0 aliphatic rings. The number of alkyl carbamates (subject to hydrolysis) is 1. The number of aliphatic hydroxyl groups is 1. The van der Waals surface area contributed by atoms with Crippen molar-refractivity contribution in [3.63, 3.8) is 0 Å². The van der Waals surface area contributed by atoms with Gasteiger partial charge in [0.15, 0.2) is 0 Å². The molecule has 1 aromatic carbocycles. The van der Waals surface area contributed by atoms with Crippen LogP contribution in [0.25, 0.3) is 0 Å². The summed E-state index contributed by atoms with van der Waals surface area (Å²) in [6.07, 6.45) is 4.58. The molecule has 3 amide bonds. The Balaban J connectivity index is 3.40. The van der Waals surface area contributed by atoms with Crippen molar-refractivity contribution in [3.8, 4) is 0 Å². The SMILES string of the molecule is CCCCCCN(C(=O)C(CO)NC(=O)OC(C)(C)C)C(C(=O)NC(C)CCC)c1ccccc1C. The Morgan fingerprint density at radius 2 is 1.69 bits per heavy atom. The lowest BCUT2D eigenvalue weighted by atomic mass is 9.97. The summed E-state index contributed by atoms with van der Waals surface area (Å²) in [4.78, 5) is 41.4. The lowest BCUT2D eigenvalue weighted by molar-refractivity contribution is -0.143. The maximum atomic E-state index is 13.8. The smallest absolute Gasteiger partial charge is 0.408 e. The lowest BCUT2D eigenvalue weighted by Crippen LogP contribution is -2.55. The van der Waals surface area contributed by atoms with Gasteiger partial charge in [-0.3, -0.25) is 9.59 Å². The van der Waals surface area contributed by atoms with Gasteiger partial charge in [-0.25, -0.2) is 4.79 Å². The van der Waals surface area contributed by atoms with Crippen LogP contribution in [-0.4, -0.2) is 58.8 Å². The molecule has 0 saturated carbocycles. The van der Waals surface area contributed by atoms with Crippen LogP contribution in [0.3, 0.4) is 0 Å². The van der Waals surface area contributed by atoms with Gasteiger partial charge in [-0.1, -0.05) is 63.8 Å². The van der Waals surface area contributed by atoms with E-state index in [1.165, 1.54) is 4.90 Å². The predicted octanol–water partition coefficient (Wildman–Crippen LogP) is 4.64. The topological polar surface area (TPSA) is 108 Å². The number of nitrogens with one attached hydrogen (secondary N) is 2. The van der Waals surface area contributed by atoms with Crippen molar-refractivity contribution < 1.29 is 24.2 Å². The van der Waals surface area contributed by atoms with E-state index in [0.29, 0.717) is 13.0 Å². The van der Waals surface area contributed by atoms with Crippen LogP contribution in [-0.2, 0) is 14.3 Å². The molecule has 0 aliphatic carbocycles. The Labute approximate surface area is 217 Å². The van der Waals surface area contributed by atoms with E-state index in [1.807, 2.05) is 38.1 Å². The molecule has 0 radical (unpaired) electrons. The Morgan fingerprint density at radius 3 is 2.25 bits per heavy atom. The molecule has 204 valence electrons. The Bertz CT molecular complexity index is 837. The van der Waals surface area contributed by atoms with Crippen molar-refractivity contribution in [1.29, 1.82) is 0 Å². The summed E-state index contributed by atoms with van der Waals surface area (Å²) in [5, 5.41) is 15.6. The number of unbranched alkanes of at least 4 members (excludes halogenated alkanes) is 3. The second-order valence-electron chi connectivity index (χ2n) is 10.4. The van der Waals surface area contributed by atoms with E-state index in [2.05, 4.69) is 24.5 Å². The highest BCUT2D eigenvalue weighted by molar-refractivity contribution is 5.92. The van der Waals surface area contributed by atoms with Crippen molar-refractivity contribution in [1.82, 2.24) is 15.5 Å². The molecule has 3 unspecified atom stereocenters. The fourth-order valence-corrected chi connectivity index (χ4v) is 4.08. The predicted molar refractivity (Wildman–Crippen MR) is 143 cm³/mol. The molecular weight excluding hydrogens is 458 g/mol. The number of benzene rings is 1. The summed E-state index contributed by atoms with van der Waals surface area (Å²) in [5.41, 5.74) is 0.843. The van der Waals surface area contributed by atoms with E-state index >= 15 is 0 Å². The first-order chi connectivity index (χ1) is 16.9. The van der Waals surface area contributed by atoms with Crippen LogP contribution in [0, 0.1) is 6.92 Å². The summed E-state index contributed by atoms with van der Waals surface area (Å²) in [7, 11) is 0. The summed E-state index contributed by atoms with van der Waals surface area (Å²) in [6, 6.07) is 5.31. The van der Waals surface area contributed by atoms with Gasteiger partial charge in [-0.2, -0.15) is 0 Å². The van der Waals surface area contributed by atoms with Crippen molar-refractivity contribution in [2.75, 3.05) is 13.2 Å². The fourth-order valence-electron chi connectivity index (χ4n) is 4.08. The molecule has 0 aromatic heterocycles. The molecule has 0 saturated heterocycles. The third-order valence-electron chi connectivity index (χ3n) is 5.86. The fraction of sp³-hybridized carbons (Fsp3) is 0.679. The number of hydrogen-bond acceptors (Lipinski definition) is 5. The normalized spacial score (nSPS) is 13.9. The largest absolute Gasteiger partial charge is 0.444 e. The van der Waals surface area contributed by atoms with Crippen LogP contribution >= 0.6 is 0 Å². The zero-order valence-corrected chi connectivity index (χ0v) is 23.2. The van der Waals surface area contributed by atoms with Crippen LogP contribution in [0.5, 0.6) is 0 Å². The second kappa shape index (κ2) is 15.5. The Kier molecular flexibility index (Phi) is 13.5. The average Bonchev–Trinajstić information content (AvgIpc) is 2.78. The summed E-state index contributed by atoms with van der Waals surface area (Å²) in [6.45, 7) is 12.9. The van der Waals surface area contributed by atoms with Gasteiger partial charge in [-0.05, 0) is 58.6 Å². The van der Waals surface area contributed by atoms with Crippen LogP contribution in [0.2, 0.25) is 0 Å². The first-order valence-corrected chi connectivity index (χ1v) is 13.2. The number of aliphatic hydroxyl groups excluding tert-OH is 1. The van der Waals surface area contributed by atoms with Gasteiger partial charge in [0, 0.05) is 12.6 Å². The maximum Gasteiger partial charge on any atom is 0.408 e.